The summed E-state index contributed by atoms with van der Waals surface area (Å²) in [5.41, 5.74) is 0. The highest BCUT2D eigenvalue weighted by Gasteiger charge is 2.66. The summed E-state index contributed by atoms with van der Waals surface area (Å²) in [5, 5.41) is 9.96. The highest BCUT2D eigenvalue weighted by atomic mass is 16.3. The lowest BCUT2D eigenvalue weighted by Crippen LogP contribution is -2.15. The van der Waals surface area contributed by atoms with Gasteiger partial charge < -0.3 is 5.11 Å². The first kappa shape index (κ1) is 8.28. The van der Waals surface area contributed by atoms with E-state index in [1.165, 1.54) is 19.3 Å². The zero-order valence-electron chi connectivity index (χ0n) is 8.45. The van der Waals surface area contributed by atoms with Gasteiger partial charge in [0.25, 0.3) is 0 Å². The van der Waals surface area contributed by atoms with Crippen molar-refractivity contribution < 1.29 is 5.11 Å². The SMILES string of the molecule is CCCC(O)C1C2C3CCC(C3)C12. The third kappa shape index (κ3) is 1.03. The van der Waals surface area contributed by atoms with Gasteiger partial charge in [-0.1, -0.05) is 13.3 Å². The highest BCUT2D eigenvalue weighted by molar-refractivity contribution is 5.14. The minimum Gasteiger partial charge on any atom is -0.393 e. The molecule has 74 valence electrons. The van der Waals surface area contributed by atoms with Crippen molar-refractivity contribution in [2.24, 2.45) is 29.6 Å². The van der Waals surface area contributed by atoms with Crippen molar-refractivity contribution in [2.45, 2.75) is 45.1 Å². The Balaban J connectivity index is 1.66. The normalized spacial score (nSPS) is 53.5. The van der Waals surface area contributed by atoms with Crippen LogP contribution in [0.3, 0.4) is 0 Å². The molecule has 3 aliphatic carbocycles. The Labute approximate surface area is 80.5 Å². The molecule has 1 nitrogen and oxygen atoms in total. The van der Waals surface area contributed by atoms with Gasteiger partial charge in [-0.25, -0.2) is 0 Å². The van der Waals surface area contributed by atoms with Crippen LogP contribution < -0.4 is 0 Å². The summed E-state index contributed by atoms with van der Waals surface area (Å²) < 4.78 is 0. The molecular formula is C12H20O. The van der Waals surface area contributed by atoms with E-state index >= 15 is 0 Å². The zero-order chi connectivity index (χ0) is 9.00. The molecule has 1 N–H and O–H groups in total. The predicted octanol–water partition coefficient (Wildman–Crippen LogP) is 2.44. The van der Waals surface area contributed by atoms with E-state index in [9.17, 15) is 5.11 Å². The van der Waals surface area contributed by atoms with Crippen LogP contribution in [0.15, 0.2) is 0 Å². The monoisotopic (exact) mass is 180 g/mol. The molecule has 5 atom stereocenters. The quantitative estimate of drug-likeness (QED) is 0.707. The van der Waals surface area contributed by atoms with E-state index in [-0.39, 0.29) is 6.10 Å². The second-order valence-corrected chi connectivity index (χ2v) is 5.42. The van der Waals surface area contributed by atoms with Crippen LogP contribution in [0, 0.1) is 29.6 Å². The second kappa shape index (κ2) is 2.73. The minimum atomic E-state index is 0.0448. The molecule has 0 aliphatic heterocycles. The summed E-state index contributed by atoms with van der Waals surface area (Å²) >= 11 is 0. The number of hydrogen-bond acceptors (Lipinski definition) is 1. The molecule has 5 unspecified atom stereocenters. The lowest BCUT2D eigenvalue weighted by molar-refractivity contribution is 0.119. The van der Waals surface area contributed by atoms with Crippen LogP contribution in [0.4, 0.5) is 0 Å². The predicted molar refractivity (Wildman–Crippen MR) is 52.2 cm³/mol. The summed E-state index contributed by atoms with van der Waals surface area (Å²) in [6.45, 7) is 2.18. The molecule has 0 amide bonds. The average molecular weight is 180 g/mol. The number of aliphatic hydroxyl groups is 1. The van der Waals surface area contributed by atoms with Crippen molar-refractivity contribution in [3.8, 4) is 0 Å². The van der Waals surface area contributed by atoms with Crippen LogP contribution in [0.25, 0.3) is 0 Å². The Morgan fingerprint density at radius 2 is 1.85 bits per heavy atom. The van der Waals surface area contributed by atoms with Gasteiger partial charge in [0.1, 0.15) is 0 Å². The molecule has 3 rings (SSSR count). The van der Waals surface area contributed by atoms with E-state index in [0.717, 1.165) is 42.4 Å². The van der Waals surface area contributed by atoms with Gasteiger partial charge in [0, 0.05) is 0 Å². The zero-order valence-corrected chi connectivity index (χ0v) is 8.45. The Hall–Kier alpha value is -0.0400. The van der Waals surface area contributed by atoms with Gasteiger partial charge in [-0.2, -0.15) is 0 Å². The Kier molecular flexibility index (Phi) is 1.74. The van der Waals surface area contributed by atoms with Crippen LogP contribution in [0.1, 0.15) is 39.0 Å². The van der Waals surface area contributed by atoms with Crippen molar-refractivity contribution in [1.29, 1.82) is 0 Å². The second-order valence-electron chi connectivity index (χ2n) is 5.42. The first-order chi connectivity index (χ1) is 6.33. The summed E-state index contributed by atoms with van der Waals surface area (Å²) in [5.74, 6) is 4.69. The largest absolute Gasteiger partial charge is 0.393 e. The van der Waals surface area contributed by atoms with Crippen LogP contribution in [0.2, 0.25) is 0 Å². The molecule has 0 saturated heterocycles. The summed E-state index contributed by atoms with van der Waals surface area (Å²) in [7, 11) is 0. The maximum absolute atomic E-state index is 9.96. The number of fused-ring (bicyclic) bond motifs is 5. The van der Waals surface area contributed by atoms with E-state index < -0.39 is 0 Å². The fourth-order valence-electron chi connectivity index (χ4n) is 4.40. The maximum Gasteiger partial charge on any atom is 0.0574 e. The van der Waals surface area contributed by atoms with Crippen LogP contribution in [-0.2, 0) is 0 Å². The van der Waals surface area contributed by atoms with E-state index in [4.69, 9.17) is 0 Å². The van der Waals surface area contributed by atoms with Gasteiger partial charge in [0.2, 0.25) is 0 Å². The number of hydrogen-bond donors (Lipinski definition) is 1. The molecule has 3 saturated carbocycles. The summed E-state index contributed by atoms with van der Waals surface area (Å²) in [6.07, 6.45) is 6.68. The molecular weight excluding hydrogens is 160 g/mol. The Bertz CT molecular complexity index is 197. The smallest absolute Gasteiger partial charge is 0.0574 e. The lowest BCUT2D eigenvalue weighted by Gasteiger charge is -2.13. The highest BCUT2D eigenvalue weighted by Crippen LogP contribution is 2.70. The van der Waals surface area contributed by atoms with Gasteiger partial charge in [0.05, 0.1) is 6.10 Å². The van der Waals surface area contributed by atoms with Crippen molar-refractivity contribution >= 4 is 0 Å². The molecule has 3 aliphatic rings. The number of aliphatic hydroxyl groups excluding tert-OH is 1. The molecule has 13 heavy (non-hydrogen) atoms. The molecule has 0 heterocycles. The van der Waals surface area contributed by atoms with Gasteiger partial charge >= 0.3 is 0 Å². The van der Waals surface area contributed by atoms with E-state index in [1.54, 1.807) is 0 Å². The van der Waals surface area contributed by atoms with Gasteiger partial charge in [-0.3, -0.25) is 0 Å². The van der Waals surface area contributed by atoms with E-state index in [0.29, 0.717) is 0 Å². The van der Waals surface area contributed by atoms with Gasteiger partial charge in [-0.05, 0) is 55.3 Å². The molecule has 0 radical (unpaired) electrons. The van der Waals surface area contributed by atoms with Crippen molar-refractivity contribution in [3.05, 3.63) is 0 Å². The molecule has 0 spiro atoms. The topological polar surface area (TPSA) is 20.2 Å². The maximum atomic E-state index is 9.96. The molecule has 0 aromatic heterocycles. The van der Waals surface area contributed by atoms with E-state index in [2.05, 4.69) is 6.92 Å². The third-order valence-corrected chi connectivity index (χ3v) is 4.82. The Morgan fingerprint density at radius 1 is 1.23 bits per heavy atom. The molecule has 2 bridgehead atoms. The van der Waals surface area contributed by atoms with Crippen molar-refractivity contribution in [2.75, 3.05) is 0 Å². The standard InChI is InChI=1S/C12H20O/c1-2-3-9(13)12-10-7-4-5-8(6-7)11(10)12/h7-13H,2-6H2,1H3. The van der Waals surface area contributed by atoms with Crippen LogP contribution >= 0.6 is 0 Å². The summed E-state index contributed by atoms with van der Waals surface area (Å²) in [4.78, 5) is 0. The first-order valence-electron chi connectivity index (χ1n) is 6.01. The third-order valence-electron chi connectivity index (χ3n) is 4.82. The van der Waals surface area contributed by atoms with E-state index in [1.807, 2.05) is 0 Å². The fourth-order valence-corrected chi connectivity index (χ4v) is 4.40. The minimum absolute atomic E-state index is 0.0448. The Morgan fingerprint density at radius 3 is 2.38 bits per heavy atom. The van der Waals surface area contributed by atoms with Crippen LogP contribution in [-0.4, -0.2) is 11.2 Å². The van der Waals surface area contributed by atoms with Crippen LogP contribution in [0.5, 0.6) is 0 Å². The lowest BCUT2D eigenvalue weighted by atomic mass is 9.97. The fraction of sp³-hybridized carbons (Fsp3) is 1.00. The summed E-state index contributed by atoms with van der Waals surface area (Å²) in [6, 6.07) is 0. The average Bonchev–Trinajstić information content (AvgIpc) is 2.57. The van der Waals surface area contributed by atoms with Crippen molar-refractivity contribution in [1.82, 2.24) is 0 Å². The van der Waals surface area contributed by atoms with Gasteiger partial charge in [0.15, 0.2) is 0 Å². The van der Waals surface area contributed by atoms with Gasteiger partial charge in [-0.15, -0.1) is 0 Å². The molecule has 3 fully saturated rings. The van der Waals surface area contributed by atoms with Crippen molar-refractivity contribution in [3.63, 3.8) is 0 Å². The molecule has 0 aromatic carbocycles. The molecule has 0 aromatic rings. The number of rotatable bonds is 3. The first-order valence-corrected chi connectivity index (χ1v) is 6.01. The molecule has 1 heteroatoms.